The molecule has 0 radical (unpaired) electrons. The molecule has 0 saturated heterocycles. The SMILES string of the molecule is CCOC(=O)c1c(NC(=O)C(C)Oc2c(C)cc(Br)cc2C)sc2c1CCCC2. The third kappa shape index (κ3) is 4.83. The number of ether oxygens (including phenoxy) is 2. The first-order chi connectivity index (χ1) is 13.8. The number of thiophene rings is 1. The zero-order chi connectivity index (χ0) is 21.1. The fraction of sp³-hybridized carbons (Fsp3) is 0.455. The van der Waals surface area contributed by atoms with Crippen molar-refractivity contribution < 1.29 is 19.1 Å². The van der Waals surface area contributed by atoms with E-state index in [-0.39, 0.29) is 11.9 Å². The Hall–Kier alpha value is -1.86. The lowest BCUT2D eigenvalue weighted by molar-refractivity contribution is -0.122. The van der Waals surface area contributed by atoms with Gasteiger partial charge in [-0.1, -0.05) is 15.9 Å². The first-order valence-electron chi connectivity index (χ1n) is 9.87. The highest BCUT2D eigenvalue weighted by Gasteiger charge is 2.28. The Kier molecular flexibility index (Phi) is 7.01. The van der Waals surface area contributed by atoms with Gasteiger partial charge in [0, 0.05) is 9.35 Å². The predicted octanol–water partition coefficient (Wildman–Crippen LogP) is 5.59. The van der Waals surface area contributed by atoms with Gasteiger partial charge in [-0.3, -0.25) is 4.79 Å². The number of halogens is 1. The van der Waals surface area contributed by atoms with Gasteiger partial charge in [0.1, 0.15) is 10.8 Å². The number of benzene rings is 1. The maximum atomic E-state index is 12.9. The molecule has 2 aromatic rings. The molecular weight excluding hydrogens is 454 g/mol. The minimum absolute atomic E-state index is 0.282. The summed E-state index contributed by atoms with van der Waals surface area (Å²) in [6.07, 6.45) is 3.23. The second-order valence-corrected chi connectivity index (χ2v) is 9.27. The maximum Gasteiger partial charge on any atom is 0.341 e. The average molecular weight is 480 g/mol. The van der Waals surface area contributed by atoms with Crippen LogP contribution in [-0.2, 0) is 22.4 Å². The van der Waals surface area contributed by atoms with Crippen molar-refractivity contribution >= 4 is 44.1 Å². The summed E-state index contributed by atoms with van der Waals surface area (Å²) in [4.78, 5) is 26.6. The minimum Gasteiger partial charge on any atom is -0.480 e. The molecule has 1 aliphatic carbocycles. The van der Waals surface area contributed by atoms with E-state index in [0.29, 0.717) is 22.9 Å². The Bertz CT molecular complexity index is 914. The van der Waals surface area contributed by atoms with E-state index >= 15 is 0 Å². The van der Waals surface area contributed by atoms with Gasteiger partial charge in [-0.25, -0.2) is 4.79 Å². The van der Waals surface area contributed by atoms with E-state index in [9.17, 15) is 9.59 Å². The van der Waals surface area contributed by atoms with Gasteiger partial charge in [0.2, 0.25) is 0 Å². The van der Waals surface area contributed by atoms with Crippen LogP contribution in [0.4, 0.5) is 5.00 Å². The van der Waals surface area contributed by atoms with Crippen molar-refractivity contribution in [1.29, 1.82) is 0 Å². The Labute approximate surface area is 183 Å². The van der Waals surface area contributed by atoms with Crippen molar-refractivity contribution in [2.75, 3.05) is 11.9 Å². The number of carbonyl (C=O) groups excluding carboxylic acids is 2. The fourth-order valence-corrected chi connectivity index (χ4v) is 5.57. The maximum absolute atomic E-state index is 12.9. The Morgan fingerprint density at radius 2 is 1.86 bits per heavy atom. The van der Waals surface area contributed by atoms with Gasteiger partial charge in [-0.15, -0.1) is 11.3 Å². The molecule has 0 bridgehead atoms. The van der Waals surface area contributed by atoms with E-state index in [2.05, 4.69) is 21.2 Å². The molecule has 0 fully saturated rings. The zero-order valence-electron chi connectivity index (χ0n) is 17.2. The molecule has 1 aromatic heterocycles. The zero-order valence-corrected chi connectivity index (χ0v) is 19.6. The third-order valence-electron chi connectivity index (χ3n) is 4.98. The first-order valence-corrected chi connectivity index (χ1v) is 11.5. The molecule has 1 aromatic carbocycles. The van der Waals surface area contributed by atoms with Crippen molar-refractivity contribution in [3.8, 4) is 5.75 Å². The van der Waals surface area contributed by atoms with Gasteiger partial charge in [-0.05, 0) is 82.2 Å². The molecule has 1 unspecified atom stereocenters. The van der Waals surface area contributed by atoms with Crippen LogP contribution in [-0.4, -0.2) is 24.6 Å². The van der Waals surface area contributed by atoms with Gasteiger partial charge in [-0.2, -0.15) is 0 Å². The number of hydrogen-bond donors (Lipinski definition) is 1. The van der Waals surface area contributed by atoms with Crippen molar-refractivity contribution in [1.82, 2.24) is 0 Å². The molecule has 0 spiro atoms. The van der Waals surface area contributed by atoms with E-state index in [0.717, 1.165) is 46.8 Å². The molecule has 0 aliphatic heterocycles. The van der Waals surface area contributed by atoms with E-state index < -0.39 is 6.10 Å². The van der Waals surface area contributed by atoms with Crippen LogP contribution in [0, 0.1) is 13.8 Å². The number of carbonyl (C=O) groups is 2. The van der Waals surface area contributed by atoms with Crippen LogP contribution in [0.2, 0.25) is 0 Å². The van der Waals surface area contributed by atoms with Crippen LogP contribution in [0.1, 0.15) is 58.6 Å². The summed E-state index contributed by atoms with van der Waals surface area (Å²) in [5, 5.41) is 3.49. The summed E-state index contributed by atoms with van der Waals surface area (Å²) >= 11 is 4.95. The van der Waals surface area contributed by atoms with Gasteiger partial charge >= 0.3 is 5.97 Å². The van der Waals surface area contributed by atoms with Crippen molar-refractivity contribution in [2.45, 2.75) is 59.5 Å². The Balaban J connectivity index is 1.81. The summed E-state index contributed by atoms with van der Waals surface area (Å²) in [5.74, 6) is 0.0539. The number of anilines is 1. The number of aryl methyl sites for hydroxylation is 3. The molecule has 29 heavy (non-hydrogen) atoms. The van der Waals surface area contributed by atoms with Crippen LogP contribution in [0.5, 0.6) is 5.75 Å². The molecule has 156 valence electrons. The Morgan fingerprint density at radius 3 is 2.52 bits per heavy atom. The van der Waals surface area contributed by atoms with Gasteiger partial charge in [0.25, 0.3) is 5.91 Å². The highest BCUT2D eigenvalue weighted by molar-refractivity contribution is 9.10. The lowest BCUT2D eigenvalue weighted by atomic mass is 9.95. The average Bonchev–Trinajstić information content (AvgIpc) is 3.02. The van der Waals surface area contributed by atoms with Crippen LogP contribution in [0.15, 0.2) is 16.6 Å². The van der Waals surface area contributed by atoms with E-state index in [1.807, 2.05) is 26.0 Å². The molecular formula is C22H26BrNO4S. The van der Waals surface area contributed by atoms with Crippen molar-refractivity contribution in [3.63, 3.8) is 0 Å². The number of hydrogen-bond acceptors (Lipinski definition) is 5. The van der Waals surface area contributed by atoms with E-state index in [1.54, 1.807) is 13.8 Å². The van der Waals surface area contributed by atoms with Crippen LogP contribution < -0.4 is 10.1 Å². The first kappa shape index (κ1) is 21.8. The molecule has 5 nitrogen and oxygen atoms in total. The van der Waals surface area contributed by atoms with E-state index in [1.165, 1.54) is 16.2 Å². The van der Waals surface area contributed by atoms with Crippen LogP contribution in [0.25, 0.3) is 0 Å². The molecule has 1 aliphatic rings. The van der Waals surface area contributed by atoms with Crippen LogP contribution >= 0.6 is 27.3 Å². The quantitative estimate of drug-likeness (QED) is 0.548. The molecule has 1 atom stereocenters. The summed E-state index contributed by atoms with van der Waals surface area (Å²) in [7, 11) is 0. The standard InChI is InChI=1S/C22H26BrNO4S/c1-5-27-22(26)18-16-8-6-7-9-17(16)29-21(18)24-20(25)14(4)28-19-12(2)10-15(23)11-13(19)3/h10-11,14H,5-9H2,1-4H3,(H,24,25). The topological polar surface area (TPSA) is 64.6 Å². The summed E-state index contributed by atoms with van der Waals surface area (Å²) < 4.78 is 12.2. The normalized spacial score (nSPS) is 14.1. The van der Waals surface area contributed by atoms with Crippen LogP contribution in [0.3, 0.4) is 0 Å². The monoisotopic (exact) mass is 479 g/mol. The predicted molar refractivity (Wildman–Crippen MR) is 119 cm³/mol. The van der Waals surface area contributed by atoms with Gasteiger partial charge < -0.3 is 14.8 Å². The Morgan fingerprint density at radius 1 is 1.21 bits per heavy atom. The molecule has 1 amide bonds. The van der Waals surface area contributed by atoms with Crippen molar-refractivity contribution in [2.24, 2.45) is 0 Å². The molecule has 7 heteroatoms. The highest BCUT2D eigenvalue weighted by atomic mass is 79.9. The number of rotatable bonds is 6. The van der Waals surface area contributed by atoms with E-state index in [4.69, 9.17) is 9.47 Å². The number of fused-ring (bicyclic) bond motifs is 1. The van der Waals surface area contributed by atoms with Gasteiger partial charge in [0.15, 0.2) is 6.10 Å². The summed E-state index contributed by atoms with van der Waals surface area (Å²) in [5.41, 5.74) is 3.46. The lowest BCUT2D eigenvalue weighted by Crippen LogP contribution is -2.31. The fourth-order valence-electron chi connectivity index (χ4n) is 3.60. The van der Waals surface area contributed by atoms with Gasteiger partial charge in [0.05, 0.1) is 12.2 Å². The highest BCUT2D eigenvalue weighted by Crippen LogP contribution is 2.39. The summed E-state index contributed by atoms with van der Waals surface area (Å²) in [6.45, 7) is 7.70. The third-order valence-corrected chi connectivity index (χ3v) is 6.64. The molecule has 1 N–H and O–H groups in total. The lowest BCUT2D eigenvalue weighted by Gasteiger charge is -2.18. The molecule has 1 heterocycles. The minimum atomic E-state index is -0.706. The largest absolute Gasteiger partial charge is 0.480 e. The second kappa shape index (κ2) is 9.30. The molecule has 0 saturated carbocycles. The molecule has 3 rings (SSSR count). The number of amides is 1. The summed E-state index contributed by atoms with van der Waals surface area (Å²) in [6, 6.07) is 3.91. The van der Waals surface area contributed by atoms with Crippen molar-refractivity contribution in [3.05, 3.63) is 43.7 Å². The number of esters is 1. The smallest absolute Gasteiger partial charge is 0.341 e. The second-order valence-electron chi connectivity index (χ2n) is 7.25. The number of nitrogens with one attached hydrogen (secondary N) is 1.